The lowest BCUT2D eigenvalue weighted by atomic mass is 10.2. The highest BCUT2D eigenvalue weighted by Crippen LogP contribution is 2.30. The Morgan fingerprint density at radius 1 is 1.13 bits per heavy atom. The summed E-state index contributed by atoms with van der Waals surface area (Å²) in [7, 11) is 0. The zero-order valence-corrected chi connectivity index (χ0v) is 19.0. The van der Waals surface area contributed by atoms with E-state index in [4.69, 9.17) is 9.72 Å². The van der Waals surface area contributed by atoms with Gasteiger partial charge in [0, 0.05) is 17.8 Å². The van der Waals surface area contributed by atoms with Crippen LogP contribution in [0.1, 0.15) is 35.6 Å². The minimum Gasteiger partial charge on any atom is -0.491 e. The van der Waals surface area contributed by atoms with Crippen molar-refractivity contribution in [2.75, 3.05) is 11.4 Å². The van der Waals surface area contributed by atoms with Gasteiger partial charge in [0.2, 0.25) is 0 Å². The van der Waals surface area contributed by atoms with Crippen LogP contribution in [0.5, 0.6) is 5.75 Å². The number of amides is 1. The Labute approximate surface area is 186 Å². The van der Waals surface area contributed by atoms with E-state index in [0.717, 1.165) is 27.4 Å². The van der Waals surface area contributed by atoms with Gasteiger partial charge in [-0.2, -0.15) is 5.10 Å². The highest BCUT2D eigenvalue weighted by atomic mass is 32.1. The molecule has 0 spiro atoms. The van der Waals surface area contributed by atoms with Crippen molar-refractivity contribution < 1.29 is 9.53 Å². The number of thiazole rings is 1. The van der Waals surface area contributed by atoms with Gasteiger partial charge in [-0.3, -0.25) is 14.4 Å². The molecule has 4 aromatic rings. The highest BCUT2D eigenvalue weighted by Gasteiger charge is 2.22. The monoisotopic (exact) mass is 434 g/mol. The molecule has 2 aromatic carbocycles. The summed E-state index contributed by atoms with van der Waals surface area (Å²) in [5.41, 5.74) is 3.54. The second-order valence-corrected chi connectivity index (χ2v) is 8.77. The molecule has 0 aliphatic rings. The quantitative estimate of drug-likeness (QED) is 0.399. The average Bonchev–Trinajstić information content (AvgIpc) is 3.30. The van der Waals surface area contributed by atoms with E-state index in [0.29, 0.717) is 23.8 Å². The van der Waals surface area contributed by atoms with Gasteiger partial charge in [-0.25, -0.2) is 4.98 Å². The zero-order valence-electron chi connectivity index (χ0n) is 18.2. The van der Waals surface area contributed by atoms with Crippen LogP contribution in [0.25, 0.3) is 10.2 Å². The summed E-state index contributed by atoms with van der Waals surface area (Å²) < 4.78 is 8.70. The highest BCUT2D eigenvalue weighted by molar-refractivity contribution is 7.22. The fourth-order valence-electron chi connectivity index (χ4n) is 3.46. The number of aromatic nitrogens is 3. The molecule has 0 saturated heterocycles. The van der Waals surface area contributed by atoms with Gasteiger partial charge in [0.1, 0.15) is 5.75 Å². The number of benzene rings is 2. The van der Waals surface area contributed by atoms with Gasteiger partial charge in [0.05, 0.1) is 28.6 Å². The molecule has 4 rings (SSSR count). The molecule has 7 heteroatoms. The maximum Gasteiger partial charge on any atom is 0.260 e. The van der Waals surface area contributed by atoms with Crippen LogP contribution in [-0.4, -0.2) is 33.3 Å². The first-order chi connectivity index (χ1) is 14.9. The molecule has 31 heavy (non-hydrogen) atoms. The minimum absolute atomic E-state index is 0.0848. The van der Waals surface area contributed by atoms with Crippen LogP contribution in [0.4, 0.5) is 5.13 Å². The number of carbonyl (C=O) groups excluding carboxylic acids is 1. The number of fused-ring (bicyclic) bond motifs is 1. The van der Waals surface area contributed by atoms with Crippen molar-refractivity contribution in [3.8, 4) is 5.75 Å². The van der Waals surface area contributed by atoms with Crippen LogP contribution >= 0.6 is 11.3 Å². The van der Waals surface area contributed by atoms with Crippen molar-refractivity contribution in [1.29, 1.82) is 0 Å². The predicted octanol–water partition coefficient (Wildman–Crippen LogP) is 5.24. The van der Waals surface area contributed by atoms with E-state index < -0.39 is 0 Å². The van der Waals surface area contributed by atoms with E-state index in [2.05, 4.69) is 5.10 Å². The fraction of sp³-hybridized carbons (Fsp3) is 0.292. The van der Waals surface area contributed by atoms with Crippen LogP contribution in [-0.2, 0) is 6.54 Å². The van der Waals surface area contributed by atoms with Crippen molar-refractivity contribution in [2.45, 2.75) is 40.3 Å². The van der Waals surface area contributed by atoms with Crippen LogP contribution in [0.3, 0.4) is 0 Å². The Morgan fingerprint density at radius 2 is 1.87 bits per heavy atom. The normalized spacial score (nSPS) is 11.3. The van der Waals surface area contributed by atoms with Gasteiger partial charge >= 0.3 is 0 Å². The Bertz CT molecular complexity index is 1160. The first kappa shape index (κ1) is 21.1. The van der Waals surface area contributed by atoms with Crippen molar-refractivity contribution in [3.63, 3.8) is 0 Å². The maximum absolute atomic E-state index is 13.5. The standard InChI is InChI=1S/C24H26N4O2S/c1-16(2)30-20-11-9-19(10-12-20)23(29)27(13-14-28-18(4)15-17(3)26-28)24-25-21-7-5-6-8-22(21)31-24/h5-12,15-16H,13-14H2,1-4H3. The van der Waals surface area contributed by atoms with Crippen LogP contribution in [0, 0.1) is 13.8 Å². The minimum atomic E-state index is -0.0864. The molecule has 0 aliphatic heterocycles. The largest absolute Gasteiger partial charge is 0.491 e. The summed E-state index contributed by atoms with van der Waals surface area (Å²) in [6.07, 6.45) is 0.0848. The SMILES string of the molecule is Cc1cc(C)n(CCN(C(=O)c2ccc(OC(C)C)cc2)c2nc3ccccc3s2)n1. The summed E-state index contributed by atoms with van der Waals surface area (Å²) in [5, 5.41) is 5.23. The molecule has 0 atom stereocenters. The van der Waals surface area contributed by atoms with Crippen molar-refractivity contribution >= 4 is 32.6 Å². The molecule has 0 fully saturated rings. The van der Waals surface area contributed by atoms with Crippen molar-refractivity contribution in [1.82, 2.24) is 14.8 Å². The van der Waals surface area contributed by atoms with E-state index >= 15 is 0 Å². The third-order valence-corrected chi connectivity index (χ3v) is 5.93. The Kier molecular flexibility index (Phi) is 6.04. The van der Waals surface area contributed by atoms with Gasteiger partial charge < -0.3 is 4.74 Å². The molecule has 6 nitrogen and oxygen atoms in total. The lowest BCUT2D eigenvalue weighted by molar-refractivity contribution is 0.0985. The zero-order chi connectivity index (χ0) is 22.0. The topological polar surface area (TPSA) is 60.2 Å². The summed E-state index contributed by atoms with van der Waals surface area (Å²) >= 11 is 1.52. The number of carbonyl (C=O) groups is 1. The molecular formula is C24H26N4O2S. The van der Waals surface area contributed by atoms with Gasteiger partial charge in [-0.1, -0.05) is 23.5 Å². The van der Waals surface area contributed by atoms with Gasteiger partial charge in [-0.15, -0.1) is 0 Å². The predicted molar refractivity (Wildman–Crippen MR) is 125 cm³/mol. The second kappa shape index (κ2) is 8.89. The number of hydrogen-bond acceptors (Lipinski definition) is 5. The van der Waals surface area contributed by atoms with E-state index in [1.165, 1.54) is 11.3 Å². The van der Waals surface area contributed by atoms with Crippen molar-refractivity contribution in [2.24, 2.45) is 0 Å². The Balaban J connectivity index is 1.63. The van der Waals surface area contributed by atoms with E-state index in [9.17, 15) is 4.79 Å². The number of hydrogen-bond donors (Lipinski definition) is 0. The summed E-state index contributed by atoms with van der Waals surface area (Å²) in [4.78, 5) is 20.0. The number of ether oxygens (including phenoxy) is 1. The first-order valence-corrected chi connectivity index (χ1v) is 11.2. The van der Waals surface area contributed by atoms with E-state index in [-0.39, 0.29) is 12.0 Å². The molecular weight excluding hydrogens is 408 g/mol. The molecule has 2 aromatic heterocycles. The third-order valence-electron chi connectivity index (χ3n) is 4.87. The second-order valence-electron chi connectivity index (χ2n) is 7.76. The number of para-hydroxylation sites is 1. The Hall–Kier alpha value is -3.19. The van der Waals surface area contributed by atoms with Crippen molar-refractivity contribution in [3.05, 3.63) is 71.5 Å². The molecule has 1 amide bonds. The smallest absolute Gasteiger partial charge is 0.260 e. The van der Waals surface area contributed by atoms with E-state index in [1.807, 2.05) is 87.0 Å². The maximum atomic E-state index is 13.5. The summed E-state index contributed by atoms with van der Waals surface area (Å²) in [6, 6.07) is 17.3. The van der Waals surface area contributed by atoms with Crippen LogP contribution in [0.15, 0.2) is 54.6 Å². The number of nitrogens with zero attached hydrogens (tertiary/aromatic N) is 4. The van der Waals surface area contributed by atoms with E-state index in [1.54, 1.807) is 4.90 Å². The van der Waals surface area contributed by atoms with Gasteiger partial charge in [-0.05, 0) is 70.2 Å². The molecule has 0 radical (unpaired) electrons. The number of rotatable bonds is 7. The fourth-order valence-corrected chi connectivity index (χ4v) is 4.45. The summed E-state index contributed by atoms with van der Waals surface area (Å²) in [6.45, 7) is 9.03. The molecule has 2 heterocycles. The number of aryl methyl sites for hydroxylation is 2. The molecule has 0 aliphatic carbocycles. The van der Waals surface area contributed by atoms with Gasteiger partial charge in [0.25, 0.3) is 5.91 Å². The lowest BCUT2D eigenvalue weighted by Gasteiger charge is -2.20. The van der Waals surface area contributed by atoms with Gasteiger partial charge in [0.15, 0.2) is 5.13 Å². The molecule has 0 unspecified atom stereocenters. The van der Waals surface area contributed by atoms with Crippen LogP contribution in [0.2, 0.25) is 0 Å². The molecule has 0 bridgehead atoms. The molecule has 0 N–H and O–H groups in total. The lowest BCUT2D eigenvalue weighted by Crippen LogP contribution is -2.34. The molecule has 160 valence electrons. The molecule has 0 saturated carbocycles. The Morgan fingerprint density at radius 3 is 2.52 bits per heavy atom. The first-order valence-electron chi connectivity index (χ1n) is 10.4. The third kappa shape index (κ3) is 4.77. The number of anilines is 1. The average molecular weight is 435 g/mol. The summed E-state index contributed by atoms with van der Waals surface area (Å²) in [5.74, 6) is 0.664. The van der Waals surface area contributed by atoms with Crippen LogP contribution < -0.4 is 9.64 Å².